The van der Waals surface area contributed by atoms with Crippen LogP contribution in [0.2, 0.25) is 5.02 Å². The first-order valence-electron chi connectivity index (χ1n) is 11.4. The number of hydrogen-bond acceptors (Lipinski definition) is 8. The van der Waals surface area contributed by atoms with Crippen LogP contribution in [0.4, 0.5) is 17.5 Å². The van der Waals surface area contributed by atoms with E-state index in [2.05, 4.69) is 46.3 Å². The Labute approximate surface area is 208 Å². The van der Waals surface area contributed by atoms with Crippen LogP contribution < -0.4 is 25.8 Å². The lowest BCUT2D eigenvalue weighted by atomic mass is 10.1. The summed E-state index contributed by atoms with van der Waals surface area (Å²) >= 11 is 6.42. The van der Waals surface area contributed by atoms with Crippen LogP contribution in [0.5, 0.6) is 5.75 Å². The van der Waals surface area contributed by atoms with Gasteiger partial charge in [0.25, 0.3) is 11.5 Å². The molecule has 35 heavy (non-hydrogen) atoms. The number of nitrogens with zero attached hydrogens (tertiary/aromatic N) is 5. The van der Waals surface area contributed by atoms with E-state index in [9.17, 15) is 9.59 Å². The van der Waals surface area contributed by atoms with Gasteiger partial charge in [-0.2, -0.15) is 4.98 Å². The molecule has 1 aromatic carbocycles. The van der Waals surface area contributed by atoms with Crippen LogP contribution in [0, 0.1) is 0 Å². The molecule has 4 rings (SSSR count). The second kappa shape index (κ2) is 10.1. The maximum atomic E-state index is 12.6. The highest BCUT2D eigenvalue weighted by Crippen LogP contribution is 2.28. The second-order valence-corrected chi connectivity index (χ2v) is 9.28. The predicted octanol–water partition coefficient (Wildman–Crippen LogP) is 2.38. The first-order valence-corrected chi connectivity index (χ1v) is 11.8. The topological polar surface area (TPSA) is 105 Å². The summed E-state index contributed by atoms with van der Waals surface area (Å²) in [5.41, 5.74) is 1.14. The van der Waals surface area contributed by atoms with E-state index in [0.717, 1.165) is 29.7 Å². The molecule has 2 aromatic heterocycles. The van der Waals surface area contributed by atoms with E-state index in [0.29, 0.717) is 28.9 Å². The number of carbonyl (C=O) groups is 1. The van der Waals surface area contributed by atoms with Gasteiger partial charge < -0.3 is 24.8 Å². The number of ether oxygens (including phenoxy) is 1. The molecule has 0 unspecified atom stereocenters. The molecular weight excluding hydrogens is 470 g/mol. The van der Waals surface area contributed by atoms with Crippen LogP contribution in [0.1, 0.15) is 13.8 Å². The summed E-state index contributed by atoms with van der Waals surface area (Å²) in [6, 6.07) is 7.94. The lowest BCUT2D eigenvalue weighted by Crippen LogP contribution is -2.55. The molecule has 0 saturated carbocycles. The minimum atomic E-state index is -0.319. The number of benzene rings is 1. The van der Waals surface area contributed by atoms with Crippen LogP contribution >= 0.6 is 11.6 Å². The Bertz CT molecular complexity index is 1300. The predicted molar refractivity (Wildman–Crippen MR) is 138 cm³/mol. The average Bonchev–Trinajstić information content (AvgIpc) is 2.84. The maximum Gasteiger partial charge on any atom is 0.293 e. The Balaban J connectivity index is 1.61. The number of likely N-dealkylation sites (N-methyl/N-ethyl adjacent to an activating group) is 2. The van der Waals surface area contributed by atoms with Crippen molar-refractivity contribution in [1.29, 1.82) is 0 Å². The number of anilines is 3. The molecule has 186 valence electrons. The first kappa shape index (κ1) is 24.7. The third-order valence-corrected chi connectivity index (χ3v) is 6.74. The van der Waals surface area contributed by atoms with Crippen LogP contribution in [0.25, 0.3) is 10.9 Å². The van der Waals surface area contributed by atoms with E-state index in [1.165, 1.54) is 11.6 Å². The van der Waals surface area contributed by atoms with Crippen molar-refractivity contribution in [1.82, 2.24) is 24.8 Å². The number of hydrogen-bond donors (Lipinski definition) is 2. The fourth-order valence-electron chi connectivity index (χ4n) is 4.15. The zero-order chi connectivity index (χ0) is 25.3. The number of piperazine rings is 1. The van der Waals surface area contributed by atoms with E-state index in [-0.39, 0.29) is 23.8 Å². The van der Waals surface area contributed by atoms with Crippen LogP contribution in [-0.2, 0) is 11.8 Å². The van der Waals surface area contributed by atoms with Crippen molar-refractivity contribution in [2.45, 2.75) is 25.9 Å². The van der Waals surface area contributed by atoms with Gasteiger partial charge in [-0.05, 0) is 45.2 Å². The fraction of sp³-hybridized carbons (Fsp3) is 0.417. The Hall–Kier alpha value is -3.37. The maximum absolute atomic E-state index is 12.6. The molecule has 1 aliphatic rings. The molecule has 1 fully saturated rings. The summed E-state index contributed by atoms with van der Waals surface area (Å²) in [4.78, 5) is 37.8. The zero-order valence-electron chi connectivity index (χ0n) is 20.5. The standard InChI is InChI=1S/C24H30ClN7O3/c1-14-11-32(12-15(2)30(14)4)24-27-10-18(25)22(29-24)28-17-6-7-19-16(8-17)9-20(23(34)31(19)5)35-13-21(33)26-3/h6-10,14-15H,11-13H2,1-5H3,(H,26,33)(H,27,28,29)/t14-,15+. The Morgan fingerprint density at radius 2 is 1.91 bits per heavy atom. The molecule has 2 N–H and O–H groups in total. The van der Waals surface area contributed by atoms with Crippen LogP contribution in [-0.4, -0.2) is 71.2 Å². The molecule has 10 nitrogen and oxygen atoms in total. The molecule has 0 radical (unpaired) electrons. The van der Waals surface area contributed by atoms with Crippen LogP contribution in [0.3, 0.4) is 0 Å². The Kier molecular flexibility index (Phi) is 7.13. The smallest absolute Gasteiger partial charge is 0.293 e. The number of aromatic nitrogens is 3. The third kappa shape index (κ3) is 5.18. The number of pyridine rings is 1. The average molecular weight is 500 g/mol. The Morgan fingerprint density at radius 3 is 2.60 bits per heavy atom. The van der Waals surface area contributed by atoms with Gasteiger partial charge in [0.1, 0.15) is 5.02 Å². The van der Waals surface area contributed by atoms with Crippen molar-refractivity contribution in [3.63, 3.8) is 0 Å². The molecule has 0 aliphatic carbocycles. The number of fused-ring (bicyclic) bond motifs is 1. The first-order chi connectivity index (χ1) is 16.7. The number of halogens is 1. The van der Waals surface area contributed by atoms with Gasteiger partial charge in [-0.25, -0.2) is 4.98 Å². The van der Waals surface area contributed by atoms with E-state index in [1.807, 2.05) is 18.2 Å². The fourth-order valence-corrected chi connectivity index (χ4v) is 4.29. The lowest BCUT2D eigenvalue weighted by Gasteiger charge is -2.42. The molecule has 1 amide bonds. The number of aryl methyl sites for hydroxylation is 1. The lowest BCUT2D eigenvalue weighted by molar-refractivity contribution is -0.122. The van der Waals surface area contributed by atoms with Gasteiger partial charge in [0.2, 0.25) is 5.95 Å². The number of carbonyl (C=O) groups excluding carboxylic acids is 1. The quantitative estimate of drug-likeness (QED) is 0.532. The van der Waals surface area contributed by atoms with E-state index >= 15 is 0 Å². The molecule has 0 spiro atoms. The van der Waals surface area contributed by atoms with Crippen molar-refractivity contribution in [2.75, 3.05) is 44.0 Å². The summed E-state index contributed by atoms with van der Waals surface area (Å²) in [6.45, 7) is 5.78. The summed E-state index contributed by atoms with van der Waals surface area (Å²) in [7, 11) is 5.31. The summed E-state index contributed by atoms with van der Waals surface area (Å²) in [6.07, 6.45) is 1.61. The molecule has 3 heterocycles. The van der Waals surface area contributed by atoms with Crippen molar-refractivity contribution >= 4 is 45.9 Å². The van der Waals surface area contributed by atoms with Gasteiger partial charge in [0, 0.05) is 50.3 Å². The molecule has 11 heteroatoms. The van der Waals surface area contributed by atoms with Gasteiger partial charge in [-0.15, -0.1) is 0 Å². The molecule has 0 bridgehead atoms. The molecule has 2 atom stereocenters. The van der Waals surface area contributed by atoms with Crippen molar-refractivity contribution in [2.24, 2.45) is 7.05 Å². The highest BCUT2D eigenvalue weighted by Gasteiger charge is 2.28. The summed E-state index contributed by atoms with van der Waals surface area (Å²) in [5.74, 6) is 0.898. The molecule has 1 saturated heterocycles. The van der Waals surface area contributed by atoms with Gasteiger partial charge in [0.05, 0.1) is 11.7 Å². The highest BCUT2D eigenvalue weighted by molar-refractivity contribution is 6.32. The third-order valence-electron chi connectivity index (χ3n) is 6.47. The van der Waals surface area contributed by atoms with Gasteiger partial charge in [-0.1, -0.05) is 11.6 Å². The summed E-state index contributed by atoms with van der Waals surface area (Å²) < 4.78 is 6.94. The van der Waals surface area contributed by atoms with Crippen molar-refractivity contribution < 1.29 is 9.53 Å². The van der Waals surface area contributed by atoms with Gasteiger partial charge in [-0.3, -0.25) is 14.5 Å². The SMILES string of the molecule is CNC(=O)COc1cc2cc(Nc3nc(N4C[C@@H](C)N(C)[C@@H](C)C4)ncc3Cl)ccc2n(C)c1=O. The Morgan fingerprint density at radius 1 is 1.20 bits per heavy atom. The molecule has 3 aromatic rings. The minimum absolute atomic E-state index is 0.0985. The number of rotatable bonds is 6. The van der Waals surface area contributed by atoms with Gasteiger partial charge >= 0.3 is 0 Å². The van der Waals surface area contributed by atoms with Crippen molar-refractivity contribution in [3.8, 4) is 5.75 Å². The monoisotopic (exact) mass is 499 g/mol. The normalized spacial score (nSPS) is 18.5. The van der Waals surface area contributed by atoms with Crippen LogP contribution in [0.15, 0.2) is 35.3 Å². The molecule has 1 aliphatic heterocycles. The van der Waals surface area contributed by atoms with E-state index in [4.69, 9.17) is 21.3 Å². The number of nitrogens with one attached hydrogen (secondary N) is 2. The number of amides is 1. The van der Waals surface area contributed by atoms with Crippen molar-refractivity contribution in [3.05, 3.63) is 45.8 Å². The molecular formula is C24H30ClN7O3. The summed E-state index contributed by atoms with van der Waals surface area (Å²) in [5, 5.41) is 6.91. The highest BCUT2D eigenvalue weighted by atomic mass is 35.5. The van der Waals surface area contributed by atoms with E-state index in [1.54, 1.807) is 19.3 Å². The van der Waals surface area contributed by atoms with Gasteiger partial charge in [0.15, 0.2) is 18.2 Å². The zero-order valence-corrected chi connectivity index (χ0v) is 21.3. The minimum Gasteiger partial charge on any atom is -0.478 e. The van der Waals surface area contributed by atoms with E-state index < -0.39 is 0 Å². The largest absolute Gasteiger partial charge is 0.478 e. The second-order valence-electron chi connectivity index (χ2n) is 8.87.